The van der Waals surface area contributed by atoms with E-state index >= 15 is 0 Å². The van der Waals surface area contributed by atoms with Crippen LogP contribution in [0.5, 0.6) is 0 Å². The number of likely N-dealkylation sites (N-methyl/N-ethyl adjacent to an activating group) is 1. The third kappa shape index (κ3) is 3.66. The summed E-state index contributed by atoms with van der Waals surface area (Å²) in [4.78, 5) is 51.3. The van der Waals surface area contributed by atoms with Crippen LogP contribution in [0, 0.1) is 18.3 Å². The normalized spacial score (nSPS) is 34.5. The van der Waals surface area contributed by atoms with Crippen LogP contribution in [0.25, 0.3) is 0 Å². The third-order valence-electron chi connectivity index (χ3n) is 6.99. The number of carbonyl (C=O) groups excluding carboxylic acids is 4. The van der Waals surface area contributed by atoms with Crippen molar-refractivity contribution in [2.24, 2.45) is 11.3 Å². The lowest BCUT2D eigenvalue weighted by Gasteiger charge is -2.46. The van der Waals surface area contributed by atoms with Gasteiger partial charge < -0.3 is 15.2 Å². The highest BCUT2D eigenvalue weighted by Gasteiger charge is 2.73. The van der Waals surface area contributed by atoms with E-state index in [9.17, 15) is 23.6 Å². The quantitative estimate of drug-likeness (QED) is 0.465. The molecule has 1 aromatic rings. The molecule has 2 saturated heterocycles. The van der Waals surface area contributed by atoms with Crippen molar-refractivity contribution in [3.63, 3.8) is 0 Å². The smallest absolute Gasteiger partial charge is 0.360 e. The summed E-state index contributed by atoms with van der Waals surface area (Å²) >= 11 is 5.50. The van der Waals surface area contributed by atoms with Gasteiger partial charge >= 0.3 is 11.8 Å². The van der Waals surface area contributed by atoms with Crippen molar-refractivity contribution in [3.05, 3.63) is 17.5 Å². The molecular formula is C20H26ClFN5O5+. The van der Waals surface area contributed by atoms with Crippen molar-refractivity contribution in [2.45, 2.75) is 50.8 Å². The summed E-state index contributed by atoms with van der Waals surface area (Å²) in [6.45, 7) is 3.90. The highest BCUT2D eigenvalue weighted by atomic mass is 35.5. The average molecular weight is 471 g/mol. The lowest BCUT2D eigenvalue weighted by Crippen LogP contribution is -2.73. The first kappa shape index (κ1) is 22.7. The Kier molecular flexibility index (Phi) is 5.52. The Morgan fingerprint density at radius 2 is 2.19 bits per heavy atom. The second-order valence-corrected chi connectivity index (χ2v) is 9.67. The molecule has 10 nitrogen and oxygen atoms in total. The van der Waals surface area contributed by atoms with Gasteiger partial charge in [0.05, 0.1) is 19.5 Å². The van der Waals surface area contributed by atoms with Gasteiger partial charge in [0.2, 0.25) is 5.91 Å². The minimum atomic E-state index is -2.36. The number of likely N-dealkylation sites (tertiary alicyclic amines) is 1. The maximum absolute atomic E-state index is 14.0. The molecule has 0 spiro atoms. The number of aromatic nitrogens is 1. The molecule has 0 aromatic carbocycles. The van der Waals surface area contributed by atoms with Gasteiger partial charge in [-0.15, -0.1) is 0 Å². The number of nitrogens with one attached hydrogen (secondary N) is 2. The van der Waals surface area contributed by atoms with E-state index in [0.717, 1.165) is 5.01 Å². The number of hydrogen-bond acceptors (Lipinski definition) is 6. The number of rotatable bonds is 6. The fourth-order valence-corrected chi connectivity index (χ4v) is 5.23. The minimum absolute atomic E-state index is 0.0349. The van der Waals surface area contributed by atoms with Gasteiger partial charge in [-0.3, -0.25) is 14.4 Å². The van der Waals surface area contributed by atoms with Gasteiger partial charge in [0, 0.05) is 24.4 Å². The number of quaternary nitrogens is 1. The number of carbonyl (C=O) groups is 4. The highest BCUT2D eigenvalue weighted by Crippen LogP contribution is 2.59. The van der Waals surface area contributed by atoms with Gasteiger partial charge in [0.25, 0.3) is 11.5 Å². The lowest BCUT2D eigenvalue weighted by molar-refractivity contribution is -0.955. The third-order valence-corrected chi connectivity index (χ3v) is 7.18. The van der Waals surface area contributed by atoms with Gasteiger partial charge in [-0.1, -0.05) is 23.7 Å². The molecule has 32 heavy (non-hydrogen) atoms. The molecule has 1 aromatic heterocycles. The molecule has 0 bridgehead atoms. The van der Waals surface area contributed by atoms with Crippen molar-refractivity contribution in [1.29, 1.82) is 0 Å². The summed E-state index contributed by atoms with van der Waals surface area (Å²) in [5.41, 5.74) is -2.68. The number of halogens is 2. The molecule has 0 radical (unpaired) electrons. The maximum Gasteiger partial charge on any atom is 0.360 e. The van der Waals surface area contributed by atoms with E-state index in [-0.39, 0.29) is 29.6 Å². The number of alkyl halides is 2. The van der Waals surface area contributed by atoms with Crippen LogP contribution in [-0.2, 0) is 14.4 Å². The molecule has 12 heteroatoms. The molecule has 4 amide bonds. The molecule has 3 aliphatic rings. The molecule has 3 heterocycles. The zero-order chi connectivity index (χ0) is 23.4. The Bertz CT molecular complexity index is 985. The summed E-state index contributed by atoms with van der Waals surface area (Å²) in [7, 11) is 1.53. The van der Waals surface area contributed by atoms with Crippen molar-refractivity contribution < 1.29 is 32.7 Å². The molecule has 1 saturated carbocycles. The monoisotopic (exact) mass is 470 g/mol. The standard InChI is InChI=1S/C20H25ClFN5O5/c1-10-6-12(25-32-10)17(29)24-13-7-20(2)8-14(20)27(3,19(13)31)26(18(30)15(21)22)9-11-4-5-23-16(11)28/h6,11,13-15H,4-5,7-9H2,1-3H3,(H-,23,24,28,29)/p+1/t11-,13-,14?,15-,20?,27?/m0/s1. The molecule has 2 N–H and O–H groups in total. The Balaban J connectivity index is 1.64. The van der Waals surface area contributed by atoms with Crippen LogP contribution in [0.2, 0.25) is 0 Å². The molecule has 4 rings (SSSR count). The zero-order valence-electron chi connectivity index (χ0n) is 18.1. The predicted octanol–water partition coefficient (Wildman–Crippen LogP) is 0.651. The number of piperidine rings is 1. The van der Waals surface area contributed by atoms with Crippen LogP contribution in [0.4, 0.5) is 4.39 Å². The van der Waals surface area contributed by atoms with E-state index in [1.807, 2.05) is 6.92 Å². The fourth-order valence-electron chi connectivity index (χ4n) is 5.12. The molecule has 6 atom stereocenters. The minimum Gasteiger partial charge on any atom is -0.361 e. The fraction of sp³-hybridized carbons (Fsp3) is 0.650. The van der Waals surface area contributed by atoms with E-state index in [2.05, 4.69) is 15.8 Å². The lowest BCUT2D eigenvalue weighted by atomic mass is 9.92. The molecule has 174 valence electrons. The van der Waals surface area contributed by atoms with Crippen LogP contribution in [0.3, 0.4) is 0 Å². The molecule has 3 unspecified atom stereocenters. The van der Waals surface area contributed by atoms with Crippen LogP contribution in [-0.4, -0.2) is 76.2 Å². The van der Waals surface area contributed by atoms with Crippen molar-refractivity contribution in [3.8, 4) is 0 Å². The van der Waals surface area contributed by atoms with E-state index in [0.29, 0.717) is 31.6 Å². The molecular weight excluding hydrogens is 445 g/mol. The van der Waals surface area contributed by atoms with Crippen molar-refractivity contribution in [1.82, 2.24) is 20.8 Å². The number of fused-ring (bicyclic) bond motifs is 1. The second kappa shape index (κ2) is 7.80. The topological polar surface area (TPSA) is 122 Å². The summed E-state index contributed by atoms with van der Waals surface area (Å²) < 4.78 is 18.4. The van der Waals surface area contributed by atoms with Crippen LogP contribution >= 0.6 is 11.6 Å². The molecule has 3 fully saturated rings. The van der Waals surface area contributed by atoms with E-state index in [1.165, 1.54) is 13.1 Å². The maximum atomic E-state index is 14.0. The van der Waals surface area contributed by atoms with Crippen molar-refractivity contribution in [2.75, 3.05) is 20.1 Å². The van der Waals surface area contributed by atoms with Gasteiger partial charge in [-0.2, -0.15) is 9.60 Å². The summed E-state index contributed by atoms with van der Waals surface area (Å²) in [5, 5.41) is 10.1. The van der Waals surface area contributed by atoms with Crippen molar-refractivity contribution >= 4 is 35.2 Å². The average Bonchev–Trinajstić information content (AvgIpc) is 3.03. The van der Waals surface area contributed by atoms with Gasteiger partial charge in [-0.25, -0.2) is 9.18 Å². The Morgan fingerprint density at radius 1 is 1.47 bits per heavy atom. The first-order chi connectivity index (χ1) is 15.0. The summed E-state index contributed by atoms with van der Waals surface area (Å²) in [6.07, 6.45) is 1.44. The summed E-state index contributed by atoms with van der Waals surface area (Å²) in [6, 6.07) is 0.226. The van der Waals surface area contributed by atoms with Crippen LogP contribution in [0.15, 0.2) is 10.6 Å². The summed E-state index contributed by atoms with van der Waals surface area (Å²) in [5.74, 6) is -2.51. The van der Waals surface area contributed by atoms with Gasteiger partial charge in [0.15, 0.2) is 5.69 Å². The first-order valence-corrected chi connectivity index (χ1v) is 10.9. The van der Waals surface area contributed by atoms with Gasteiger partial charge in [0.1, 0.15) is 17.8 Å². The van der Waals surface area contributed by atoms with E-state index in [1.54, 1.807) is 6.92 Å². The zero-order valence-corrected chi connectivity index (χ0v) is 18.8. The van der Waals surface area contributed by atoms with Crippen LogP contribution < -0.4 is 10.6 Å². The largest absolute Gasteiger partial charge is 0.361 e. The first-order valence-electron chi connectivity index (χ1n) is 10.5. The SMILES string of the molecule is Cc1cc(C(=O)N[C@H]2CC3(C)CC3[N+](C)(N(C[C@@H]3CCNC3=O)C(=O)[C@H](F)Cl)C2=O)no1. The Morgan fingerprint density at radius 3 is 2.75 bits per heavy atom. The van der Waals surface area contributed by atoms with E-state index in [4.69, 9.17) is 16.1 Å². The molecule has 1 aliphatic carbocycles. The Labute approximate surface area is 188 Å². The highest BCUT2D eigenvalue weighted by molar-refractivity contribution is 6.29. The van der Waals surface area contributed by atoms with E-state index < -0.39 is 39.9 Å². The van der Waals surface area contributed by atoms with Crippen LogP contribution in [0.1, 0.15) is 42.4 Å². The predicted molar refractivity (Wildman–Crippen MR) is 108 cm³/mol. The number of amides is 4. The number of aryl methyl sites for hydroxylation is 1. The Hall–Kier alpha value is -2.53. The second-order valence-electron chi connectivity index (χ2n) is 9.29. The van der Waals surface area contributed by atoms with Gasteiger partial charge in [-0.05, 0) is 19.8 Å². The molecule has 2 aliphatic heterocycles. The number of nitrogens with zero attached hydrogens (tertiary/aromatic N) is 3. The number of hydrogen-bond donors (Lipinski definition) is 2.